The van der Waals surface area contributed by atoms with Gasteiger partial charge in [-0.25, -0.2) is 4.79 Å². The predicted molar refractivity (Wildman–Crippen MR) is 94.5 cm³/mol. The number of rotatable bonds is 4. The van der Waals surface area contributed by atoms with Crippen molar-refractivity contribution in [2.24, 2.45) is 10.2 Å². The highest BCUT2D eigenvalue weighted by atomic mass is 16.5. The molecule has 25 heavy (non-hydrogen) atoms. The molecule has 3 aromatic rings. The Labute approximate surface area is 144 Å². The van der Waals surface area contributed by atoms with Gasteiger partial charge in [0.1, 0.15) is 17.1 Å². The fraction of sp³-hybridized carbons (Fsp3) is 0. The molecule has 0 aromatic heterocycles. The van der Waals surface area contributed by atoms with Crippen LogP contribution in [0, 0.1) is 0 Å². The molecular weight excluding hydrogens is 318 g/mol. The largest absolute Gasteiger partial charge is 0.507 e. The van der Waals surface area contributed by atoms with Gasteiger partial charge < -0.3 is 15.6 Å². The third-order valence-electron chi connectivity index (χ3n) is 3.32. The minimum atomic E-state index is -0.691. The monoisotopic (exact) mass is 333 g/mol. The van der Waals surface area contributed by atoms with Crippen molar-refractivity contribution in [3.63, 3.8) is 0 Å². The maximum absolute atomic E-state index is 12.1. The van der Waals surface area contributed by atoms with E-state index in [2.05, 4.69) is 10.2 Å². The second-order valence-electron chi connectivity index (χ2n) is 5.20. The Hall–Kier alpha value is -3.67. The second-order valence-corrected chi connectivity index (χ2v) is 5.20. The van der Waals surface area contributed by atoms with Crippen LogP contribution in [0.25, 0.3) is 0 Å². The first kappa shape index (κ1) is 16.2. The van der Waals surface area contributed by atoms with Crippen molar-refractivity contribution in [2.75, 3.05) is 5.73 Å². The van der Waals surface area contributed by atoms with Crippen LogP contribution in [0.1, 0.15) is 10.4 Å². The van der Waals surface area contributed by atoms with E-state index in [1.54, 1.807) is 24.3 Å². The number of carbonyl (C=O) groups excluding carboxylic acids is 1. The fourth-order valence-electron chi connectivity index (χ4n) is 2.07. The lowest BCUT2D eigenvalue weighted by Gasteiger charge is -2.06. The first-order valence-corrected chi connectivity index (χ1v) is 7.49. The number of phenolic OH excluding ortho intramolecular Hbond substituents is 1. The number of hydrogen-bond acceptors (Lipinski definition) is 6. The number of nitrogens with two attached hydrogens (primary N) is 1. The molecule has 6 nitrogen and oxygen atoms in total. The maximum Gasteiger partial charge on any atom is 0.347 e. The number of nitrogens with zero attached hydrogens (tertiary/aromatic N) is 2. The second kappa shape index (κ2) is 7.27. The molecule has 0 radical (unpaired) electrons. The van der Waals surface area contributed by atoms with Crippen LogP contribution in [-0.2, 0) is 0 Å². The van der Waals surface area contributed by atoms with Crippen molar-refractivity contribution in [1.82, 2.24) is 0 Å². The van der Waals surface area contributed by atoms with E-state index in [1.165, 1.54) is 18.2 Å². The van der Waals surface area contributed by atoms with E-state index in [1.807, 2.05) is 30.3 Å². The molecule has 0 spiro atoms. The summed E-state index contributed by atoms with van der Waals surface area (Å²) in [5.74, 6) is -0.554. The Morgan fingerprint density at radius 3 is 2.20 bits per heavy atom. The van der Waals surface area contributed by atoms with Gasteiger partial charge in [-0.2, -0.15) is 10.2 Å². The Balaban J connectivity index is 1.69. The molecule has 0 aliphatic rings. The van der Waals surface area contributed by atoms with Gasteiger partial charge >= 0.3 is 5.97 Å². The van der Waals surface area contributed by atoms with Crippen molar-refractivity contribution in [3.8, 4) is 11.5 Å². The van der Waals surface area contributed by atoms with Gasteiger partial charge in [0.25, 0.3) is 0 Å². The number of anilines is 1. The normalized spacial score (nSPS) is 10.7. The number of benzene rings is 3. The SMILES string of the molecule is Nc1ccc(O)c(C(=O)Oc2ccc(N=Nc3ccccc3)cc2)c1. The minimum absolute atomic E-state index is 0.00726. The average molecular weight is 333 g/mol. The van der Waals surface area contributed by atoms with E-state index < -0.39 is 5.97 Å². The standard InChI is InChI=1S/C19H15N3O3/c20-13-6-11-18(23)17(12-13)19(24)25-16-9-7-15(8-10-16)22-21-14-4-2-1-3-5-14/h1-12,23H,20H2. The Morgan fingerprint density at radius 2 is 1.52 bits per heavy atom. The van der Waals surface area contributed by atoms with Gasteiger partial charge in [-0.05, 0) is 54.6 Å². The summed E-state index contributed by atoms with van der Waals surface area (Å²) in [6, 6.07) is 20.1. The van der Waals surface area contributed by atoms with Gasteiger partial charge in [-0.15, -0.1) is 0 Å². The molecule has 0 fully saturated rings. The topological polar surface area (TPSA) is 97.3 Å². The molecular formula is C19H15N3O3. The van der Waals surface area contributed by atoms with Gasteiger partial charge in [0.15, 0.2) is 0 Å². The molecule has 0 aliphatic heterocycles. The number of nitrogen functional groups attached to an aromatic ring is 1. The van der Waals surface area contributed by atoms with E-state index in [0.717, 1.165) is 5.69 Å². The molecule has 3 N–H and O–H groups in total. The molecule has 6 heteroatoms. The molecule has 124 valence electrons. The van der Waals surface area contributed by atoms with Crippen LogP contribution in [-0.4, -0.2) is 11.1 Å². The van der Waals surface area contributed by atoms with Crippen LogP contribution < -0.4 is 10.5 Å². The molecule has 0 atom stereocenters. The highest BCUT2D eigenvalue weighted by Crippen LogP contribution is 2.24. The average Bonchev–Trinajstić information content (AvgIpc) is 2.64. The molecule has 0 saturated heterocycles. The van der Waals surface area contributed by atoms with Crippen LogP contribution in [0.4, 0.5) is 17.1 Å². The van der Waals surface area contributed by atoms with Gasteiger partial charge in [0.2, 0.25) is 0 Å². The molecule has 0 heterocycles. The molecule has 0 amide bonds. The van der Waals surface area contributed by atoms with Crippen molar-refractivity contribution >= 4 is 23.0 Å². The number of ether oxygens (including phenoxy) is 1. The van der Waals surface area contributed by atoms with Crippen molar-refractivity contribution in [2.45, 2.75) is 0 Å². The minimum Gasteiger partial charge on any atom is -0.507 e. The summed E-state index contributed by atoms with van der Waals surface area (Å²) >= 11 is 0. The smallest absolute Gasteiger partial charge is 0.347 e. The Morgan fingerprint density at radius 1 is 0.880 bits per heavy atom. The van der Waals surface area contributed by atoms with E-state index in [0.29, 0.717) is 17.1 Å². The van der Waals surface area contributed by atoms with Crippen LogP contribution >= 0.6 is 0 Å². The summed E-state index contributed by atoms with van der Waals surface area (Å²) in [4.78, 5) is 12.1. The van der Waals surface area contributed by atoms with Crippen molar-refractivity contribution < 1.29 is 14.6 Å². The molecule has 0 unspecified atom stereocenters. The summed E-state index contributed by atoms with van der Waals surface area (Å²) in [6.45, 7) is 0. The number of aromatic hydroxyl groups is 1. The lowest BCUT2D eigenvalue weighted by Crippen LogP contribution is -2.09. The quantitative estimate of drug-likeness (QED) is 0.239. The van der Waals surface area contributed by atoms with Gasteiger partial charge in [-0.3, -0.25) is 0 Å². The summed E-state index contributed by atoms with van der Waals surface area (Å²) in [6.07, 6.45) is 0. The summed E-state index contributed by atoms with van der Waals surface area (Å²) in [7, 11) is 0. The fourth-order valence-corrected chi connectivity index (χ4v) is 2.07. The first-order chi connectivity index (χ1) is 12.1. The number of hydrogen-bond donors (Lipinski definition) is 2. The zero-order valence-corrected chi connectivity index (χ0v) is 13.2. The van der Waals surface area contributed by atoms with Gasteiger partial charge in [0.05, 0.1) is 11.4 Å². The predicted octanol–water partition coefficient (Wildman–Crippen LogP) is 4.61. The maximum atomic E-state index is 12.1. The lowest BCUT2D eigenvalue weighted by atomic mass is 10.2. The highest BCUT2D eigenvalue weighted by Gasteiger charge is 2.14. The Bertz CT molecular complexity index is 907. The zero-order valence-electron chi connectivity index (χ0n) is 13.2. The lowest BCUT2D eigenvalue weighted by molar-refractivity contribution is 0.0731. The number of esters is 1. The van der Waals surface area contributed by atoms with Crippen LogP contribution in [0.2, 0.25) is 0 Å². The van der Waals surface area contributed by atoms with Gasteiger partial charge in [0, 0.05) is 5.69 Å². The molecule has 0 saturated carbocycles. The number of phenols is 1. The first-order valence-electron chi connectivity index (χ1n) is 7.49. The van der Waals surface area contributed by atoms with E-state index in [9.17, 15) is 9.90 Å². The molecule has 3 rings (SSSR count). The number of azo groups is 1. The summed E-state index contributed by atoms with van der Waals surface area (Å²) in [5, 5.41) is 17.9. The van der Waals surface area contributed by atoms with E-state index in [-0.39, 0.29) is 11.3 Å². The van der Waals surface area contributed by atoms with E-state index in [4.69, 9.17) is 10.5 Å². The van der Waals surface area contributed by atoms with Crippen molar-refractivity contribution in [1.29, 1.82) is 0 Å². The Kier molecular flexibility index (Phi) is 4.71. The molecule has 0 aliphatic carbocycles. The van der Waals surface area contributed by atoms with Crippen LogP contribution in [0.3, 0.4) is 0 Å². The van der Waals surface area contributed by atoms with Gasteiger partial charge in [-0.1, -0.05) is 18.2 Å². The van der Waals surface area contributed by atoms with Crippen LogP contribution in [0.15, 0.2) is 83.0 Å². The van der Waals surface area contributed by atoms with Crippen molar-refractivity contribution in [3.05, 3.63) is 78.4 Å². The van der Waals surface area contributed by atoms with E-state index >= 15 is 0 Å². The summed E-state index contributed by atoms with van der Waals surface area (Å²) < 4.78 is 5.23. The molecule has 0 bridgehead atoms. The zero-order chi connectivity index (χ0) is 17.6. The highest BCUT2D eigenvalue weighted by molar-refractivity contribution is 5.94. The number of carbonyl (C=O) groups is 1. The molecule has 3 aromatic carbocycles. The summed E-state index contributed by atoms with van der Waals surface area (Å²) in [5.41, 5.74) is 7.35. The third-order valence-corrected chi connectivity index (χ3v) is 3.32. The third kappa shape index (κ3) is 4.20. The van der Waals surface area contributed by atoms with Crippen LogP contribution in [0.5, 0.6) is 11.5 Å².